The second-order valence-electron chi connectivity index (χ2n) is 8.68. The standard InChI is InChI=1S/C29H20O8/c1-33-16-5-3-15(4-6-16)11-24-28(32)18-8-10-23-26(29(18)37-24)19(13-25(30)36-23)21-14-35-22-9-7-17(34-2)12-20(22)27(21)31/h3-12,14,19H,13H2,1-2H3/b24-11-/t19-/m0/s1. The van der Waals surface area contributed by atoms with Gasteiger partial charge in [0.25, 0.3) is 0 Å². The highest BCUT2D eigenvalue weighted by Gasteiger charge is 2.39. The summed E-state index contributed by atoms with van der Waals surface area (Å²) >= 11 is 0. The SMILES string of the molecule is COc1ccc(/C=C2\Oc3c(ccc4c3[C@H](c3coc5ccc(OC)cc5c3=O)CC(=O)O4)C2=O)cc1. The molecule has 0 saturated carbocycles. The molecular formula is C29H20O8. The van der Waals surface area contributed by atoms with Gasteiger partial charge >= 0.3 is 5.97 Å². The summed E-state index contributed by atoms with van der Waals surface area (Å²) in [6, 6.07) is 15.2. The van der Waals surface area contributed by atoms with Crippen LogP contribution in [0.3, 0.4) is 0 Å². The van der Waals surface area contributed by atoms with E-state index in [-0.39, 0.29) is 40.5 Å². The van der Waals surface area contributed by atoms with Crippen LogP contribution in [0.2, 0.25) is 0 Å². The zero-order valence-electron chi connectivity index (χ0n) is 19.9. The first kappa shape index (κ1) is 22.6. The van der Waals surface area contributed by atoms with E-state index in [4.69, 9.17) is 23.4 Å². The van der Waals surface area contributed by atoms with Crippen LogP contribution in [0.4, 0.5) is 0 Å². The Balaban J connectivity index is 1.47. The molecule has 3 heterocycles. The average Bonchev–Trinajstić information content (AvgIpc) is 3.23. The minimum absolute atomic E-state index is 0.112. The molecular weight excluding hydrogens is 476 g/mol. The van der Waals surface area contributed by atoms with Gasteiger partial charge in [-0.3, -0.25) is 14.4 Å². The first-order valence-corrected chi connectivity index (χ1v) is 11.5. The lowest BCUT2D eigenvalue weighted by atomic mass is 9.85. The molecule has 0 radical (unpaired) electrons. The Labute approximate surface area is 210 Å². The van der Waals surface area contributed by atoms with E-state index in [1.807, 2.05) is 0 Å². The molecule has 0 fully saturated rings. The number of carbonyl (C=O) groups excluding carboxylic acids is 2. The van der Waals surface area contributed by atoms with Crippen molar-refractivity contribution in [3.63, 3.8) is 0 Å². The second kappa shape index (κ2) is 8.67. The number of rotatable bonds is 4. The van der Waals surface area contributed by atoms with Crippen LogP contribution < -0.4 is 24.4 Å². The van der Waals surface area contributed by atoms with Crippen LogP contribution in [0.1, 0.15) is 39.4 Å². The number of carbonyl (C=O) groups is 2. The van der Waals surface area contributed by atoms with E-state index in [0.717, 1.165) is 5.56 Å². The number of ether oxygens (including phenoxy) is 4. The van der Waals surface area contributed by atoms with Crippen LogP contribution in [0.25, 0.3) is 17.0 Å². The molecule has 0 unspecified atom stereocenters. The third kappa shape index (κ3) is 3.74. The van der Waals surface area contributed by atoms with Gasteiger partial charge < -0.3 is 23.4 Å². The zero-order chi connectivity index (χ0) is 25.7. The van der Waals surface area contributed by atoms with Crippen molar-refractivity contribution in [3.8, 4) is 23.0 Å². The number of methoxy groups -OCH3 is 2. The molecule has 4 aromatic rings. The van der Waals surface area contributed by atoms with Crippen molar-refractivity contribution in [2.24, 2.45) is 0 Å². The minimum Gasteiger partial charge on any atom is -0.497 e. The number of ketones is 1. The van der Waals surface area contributed by atoms with E-state index in [1.165, 1.54) is 13.4 Å². The summed E-state index contributed by atoms with van der Waals surface area (Å²) in [7, 11) is 3.08. The van der Waals surface area contributed by atoms with Gasteiger partial charge in [0.05, 0.1) is 37.9 Å². The zero-order valence-corrected chi connectivity index (χ0v) is 19.9. The quantitative estimate of drug-likeness (QED) is 0.224. The maximum Gasteiger partial charge on any atom is 0.312 e. The number of hydrogen-bond donors (Lipinski definition) is 0. The molecule has 6 rings (SSSR count). The van der Waals surface area contributed by atoms with Crippen LogP contribution in [0.15, 0.2) is 75.8 Å². The van der Waals surface area contributed by atoms with Crippen molar-refractivity contribution in [1.29, 1.82) is 0 Å². The maximum atomic E-state index is 13.5. The summed E-state index contributed by atoms with van der Waals surface area (Å²) in [5.41, 5.74) is 1.88. The summed E-state index contributed by atoms with van der Waals surface area (Å²) < 4.78 is 27.7. The van der Waals surface area contributed by atoms with Crippen molar-refractivity contribution >= 4 is 28.8 Å². The van der Waals surface area contributed by atoms with Crippen molar-refractivity contribution < 1.29 is 33.0 Å². The van der Waals surface area contributed by atoms with Gasteiger partial charge in [-0.05, 0) is 54.1 Å². The third-order valence-corrected chi connectivity index (χ3v) is 6.57. The summed E-state index contributed by atoms with van der Waals surface area (Å²) in [6.07, 6.45) is 2.88. The van der Waals surface area contributed by atoms with Gasteiger partial charge in [-0.1, -0.05) is 12.1 Å². The molecule has 0 bridgehead atoms. The lowest BCUT2D eigenvalue weighted by Crippen LogP contribution is -2.25. The molecule has 0 spiro atoms. The Morgan fingerprint density at radius 2 is 1.65 bits per heavy atom. The molecule has 0 aliphatic carbocycles. The second-order valence-corrected chi connectivity index (χ2v) is 8.68. The molecule has 184 valence electrons. The molecule has 8 nitrogen and oxygen atoms in total. The van der Waals surface area contributed by atoms with Crippen molar-refractivity contribution in [2.45, 2.75) is 12.3 Å². The lowest BCUT2D eigenvalue weighted by molar-refractivity contribution is -0.135. The Kier molecular flexibility index (Phi) is 5.30. The predicted octanol–water partition coefficient (Wildman–Crippen LogP) is 4.87. The first-order valence-electron chi connectivity index (χ1n) is 11.5. The molecule has 2 aliphatic heterocycles. The van der Waals surface area contributed by atoms with Gasteiger partial charge in [0.15, 0.2) is 11.2 Å². The van der Waals surface area contributed by atoms with Gasteiger partial charge in [0.2, 0.25) is 5.78 Å². The average molecular weight is 496 g/mol. The van der Waals surface area contributed by atoms with Gasteiger partial charge in [0, 0.05) is 17.0 Å². The number of allylic oxidation sites excluding steroid dienone is 1. The fourth-order valence-corrected chi connectivity index (χ4v) is 4.72. The van der Waals surface area contributed by atoms with Crippen LogP contribution in [0.5, 0.6) is 23.0 Å². The summed E-state index contributed by atoms with van der Waals surface area (Å²) in [6.45, 7) is 0. The van der Waals surface area contributed by atoms with E-state index in [2.05, 4.69) is 0 Å². The van der Waals surface area contributed by atoms with E-state index < -0.39 is 11.9 Å². The third-order valence-electron chi connectivity index (χ3n) is 6.57. The number of hydrogen-bond acceptors (Lipinski definition) is 8. The highest BCUT2D eigenvalue weighted by Crippen LogP contribution is 2.48. The number of benzene rings is 3. The van der Waals surface area contributed by atoms with Crippen molar-refractivity contribution in [3.05, 3.63) is 99.1 Å². The Hall–Kier alpha value is -4.85. The van der Waals surface area contributed by atoms with Crippen LogP contribution in [-0.4, -0.2) is 26.0 Å². The molecule has 1 aromatic heterocycles. The number of fused-ring (bicyclic) bond motifs is 4. The van der Waals surface area contributed by atoms with E-state index in [9.17, 15) is 14.4 Å². The molecule has 0 N–H and O–H groups in total. The van der Waals surface area contributed by atoms with Gasteiger partial charge in [-0.15, -0.1) is 0 Å². The molecule has 0 amide bonds. The fraction of sp³-hybridized carbons (Fsp3) is 0.138. The van der Waals surface area contributed by atoms with E-state index in [1.54, 1.807) is 67.8 Å². The molecule has 8 heteroatoms. The van der Waals surface area contributed by atoms with Gasteiger partial charge in [0.1, 0.15) is 28.6 Å². The Morgan fingerprint density at radius 1 is 0.892 bits per heavy atom. The minimum atomic E-state index is -0.730. The predicted molar refractivity (Wildman–Crippen MR) is 134 cm³/mol. The van der Waals surface area contributed by atoms with Gasteiger partial charge in [-0.2, -0.15) is 0 Å². The van der Waals surface area contributed by atoms with Crippen LogP contribution >= 0.6 is 0 Å². The summed E-state index contributed by atoms with van der Waals surface area (Å²) in [5.74, 6) is 0.290. The van der Waals surface area contributed by atoms with Crippen molar-refractivity contribution in [2.75, 3.05) is 14.2 Å². The van der Waals surface area contributed by atoms with Crippen LogP contribution in [-0.2, 0) is 4.79 Å². The lowest BCUT2D eigenvalue weighted by Gasteiger charge is -2.25. The number of Topliss-reactive ketones (excluding diaryl/α,β-unsaturated/α-hetero) is 1. The van der Waals surface area contributed by atoms with E-state index in [0.29, 0.717) is 33.6 Å². The van der Waals surface area contributed by atoms with Crippen LogP contribution in [0, 0.1) is 0 Å². The maximum absolute atomic E-state index is 13.5. The molecule has 37 heavy (non-hydrogen) atoms. The van der Waals surface area contributed by atoms with Gasteiger partial charge in [-0.25, -0.2) is 0 Å². The largest absolute Gasteiger partial charge is 0.497 e. The Bertz CT molecular complexity index is 1680. The molecule has 3 aromatic carbocycles. The van der Waals surface area contributed by atoms with Crippen molar-refractivity contribution in [1.82, 2.24) is 0 Å². The molecule has 2 aliphatic rings. The summed E-state index contributed by atoms with van der Waals surface area (Å²) in [5, 5.41) is 0.321. The topological polar surface area (TPSA) is 101 Å². The Morgan fingerprint density at radius 3 is 2.41 bits per heavy atom. The number of esters is 1. The highest BCUT2D eigenvalue weighted by molar-refractivity contribution is 6.15. The monoisotopic (exact) mass is 496 g/mol. The summed E-state index contributed by atoms with van der Waals surface area (Å²) in [4.78, 5) is 39.3. The normalized spacial score (nSPS) is 17.2. The molecule has 0 saturated heterocycles. The van der Waals surface area contributed by atoms with E-state index >= 15 is 0 Å². The smallest absolute Gasteiger partial charge is 0.312 e. The fourth-order valence-electron chi connectivity index (χ4n) is 4.72. The highest BCUT2D eigenvalue weighted by atomic mass is 16.5. The molecule has 1 atom stereocenters. The first-order chi connectivity index (χ1) is 18.0.